The molecule has 0 atom stereocenters. The highest BCUT2D eigenvalue weighted by molar-refractivity contribution is 5.02. The van der Waals surface area contributed by atoms with Crippen molar-refractivity contribution in [2.75, 3.05) is 14.2 Å². The summed E-state index contributed by atoms with van der Waals surface area (Å²) < 4.78 is 4.25. The average molecular weight is 1070 g/mol. The lowest BCUT2D eigenvalue weighted by atomic mass is 10.0. The second-order valence-electron chi connectivity index (χ2n) is 12.2. The van der Waals surface area contributed by atoms with Gasteiger partial charge in [-0.15, -0.1) is 0 Å². The van der Waals surface area contributed by atoms with E-state index in [0.717, 1.165) is 0 Å². The molecule has 0 N–H and O–H groups in total. The molecule has 0 fully saturated rings. The van der Waals surface area contributed by atoms with Crippen LogP contribution in [0.2, 0.25) is 0 Å². The van der Waals surface area contributed by atoms with Crippen LogP contribution in [0.4, 0.5) is 0 Å². The van der Waals surface area contributed by atoms with Gasteiger partial charge in [0.15, 0.2) is 0 Å². The van der Waals surface area contributed by atoms with Crippen molar-refractivity contribution in [3.05, 3.63) is 255 Å². The Hall–Kier alpha value is -5.50. The van der Waals surface area contributed by atoms with Gasteiger partial charge in [0.2, 0.25) is 0 Å². The van der Waals surface area contributed by atoms with Crippen molar-refractivity contribution < 1.29 is 4.74 Å². The summed E-state index contributed by atoms with van der Waals surface area (Å²) >= 11 is 0. The van der Waals surface area contributed by atoms with Crippen molar-refractivity contribution in [3.63, 3.8) is 0 Å². The minimum atomic E-state index is 0.500. The summed E-state index contributed by atoms with van der Waals surface area (Å²) in [4.78, 5) is 0. The second-order valence-corrected chi connectivity index (χ2v) is 12.2. The summed E-state index contributed by atoms with van der Waals surface area (Å²) in [6.45, 7) is 61.0. The van der Waals surface area contributed by atoms with Gasteiger partial charge in [-0.1, -0.05) is 469 Å². The number of methoxy groups -OCH3 is 1. The molecule has 0 aliphatic heterocycles. The van der Waals surface area contributed by atoms with E-state index in [9.17, 15) is 0 Å². The Morgan fingerprint density at radius 3 is 0.195 bits per heavy atom. The van der Waals surface area contributed by atoms with E-state index in [1.54, 1.807) is 14.2 Å². The third-order valence-corrected chi connectivity index (χ3v) is 4.67. The van der Waals surface area contributed by atoms with Crippen LogP contribution >= 0.6 is 0 Å². The molecule has 0 amide bonds. The number of benzene rings is 7. The highest BCUT2D eigenvalue weighted by Gasteiger charge is 1.95. The van der Waals surface area contributed by atoms with Crippen molar-refractivity contribution in [2.24, 2.45) is 5.41 Å². The topological polar surface area (TPSA) is 9.23 Å². The van der Waals surface area contributed by atoms with E-state index >= 15 is 0 Å². The second kappa shape index (κ2) is 172. The monoisotopic (exact) mass is 1070 g/mol. The van der Waals surface area contributed by atoms with Crippen LogP contribution in [-0.4, -0.2) is 14.2 Å². The highest BCUT2D eigenvalue weighted by Crippen LogP contribution is 2.08. The SMILES string of the molecule is CC.CC.CC.CC.CC.CC.CC.CC.CC.CC.CC.CC.CC(C)(C)C.CCC.COC.c1ccccc1.c1ccccc1.c1ccccc1.c1ccccc1.c1ccccc1.c1ccccc1.c1ccccc1. The van der Waals surface area contributed by atoms with Crippen molar-refractivity contribution in [2.45, 2.75) is 214 Å². The van der Waals surface area contributed by atoms with Crippen LogP contribution in [-0.2, 0) is 4.74 Å². The first-order valence-corrected chi connectivity index (χ1v) is 30.2. The molecule has 0 bridgehead atoms. The Morgan fingerprint density at radius 2 is 0.182 bits per heavy atom. The number of hydrogen-bond donors (Lipinski definition) is 0. The largest absolute Gasteiger partial charge is 0.388 e. The number of rotatable bonds is 0. The van der Waals surface area contributed by atoms with Crippen LogP contribution in [0.1, 0.15) is 214 Å². The summed E-state index contributed by atoms with van der Waals surface area (Å²) in [6.07, 6.45) is 1.25. The van der Waals surface area contributed by atoms with E-state index in [-0.39, 0.29) is 0 Å². The maximum absolute atomic E-state index is 4.25. The molecule has 0 heterocycles. The Balaban J connectivity index is -0.0000000411. The molecule has 0 aliphatic rings. The molecule has 7 rings (SSSR count). The summed E-state index contributed by atoms with van der Waals surface area (Å²) in [5, 5.41) is 0. The molecule has 0 aromatic heterocycles. The zero-order valence-electron chi connectivity index (χ0n) is 57.9. The summed E-state index contributed by atoms with van der Waals surface area (Å²) in [5.74, 6) is 0. The van der Waals surface area contributed by atoms with E-state index in [1.165, 1.54) is 6.42 Å². The lowest BCUT2D eigenvalue weighted by molar-refractivity contribution is 0.277. The van der Waals surface area contributed by atoms with Gasteiger partial charge in [-0.2, -0.15) is 0 Å². The normalized spacial score (nSPS) is 6.55. The third kappa shape index (κ3) is 248. The fourth-order valence-corrected chi connectivity index (χ4v) is 2.69. The Labute approximate surface area is 490 Å². The molecule has 7 aromatic carbocycles. The Bertz CT molecular complexity index is 936. The molecule has 0 saturated heterocycles. The lowest BCUT2D eigenvalue weighted by Gasteiger charge is -2.05. The van der Waals surface area contributed by atoms with E-state index in [0.29, 0.717) is 5.41 Å². The van der Waals surface area contributed by atoms with Crippen LogP contribution in [0.5, 0.6) is 0 Å². The van der Waals surface area contributed by atoms with Crippen LogP contribution in [0.15, 0.2) is 255 Å². The quantitative estimate of drug-likeness (QED) is 0.147. The predicted octanol–water partition coefficient (Wildman–Crippen LogP) is 27.9. The molecule has 0 radical (unpaired) electrons. The predicted molar refractivity (Wildman–Crippen MR) is 375 cm³/mol. The number of hydrogen-bond acceptors (Lipinski definition) is 1. The molecule has 0 saturated carbocycles. The van der Waals surface area contributed by atoms with Crippen LogP contribution in [0.3, 0.4) is 0 Å². The minimum Gasteiger partial charge on any atom is -0.388 e. The molecule has 0 aliphatic carbocycles. The summed E-state index contributed by atoms with van der Waals surface area (Å²) in [5.41, 5.74) is 0.500. The van der Waals surface area contributed by atoms with Gasteiger partial charge < -0.3 is 4.74 Å². The van der Waals surface area contributed by atoms with Gasteiger partial charge in [0.05, 0.1) is 0 Å². The number of ether oxygens (including phenoxy) is 1. The van der Waals surface area contributed by atoms with Crippen molar-refractivity contribution in [3.8, 4) is 0 Å². The Morgan fingerprint density at radius 1 is 0.169 bits per heavy atom. The smallest absolute Gasteiger partial charge is 0.0351 e. The van der Waals surface area contributed by atoms with Gasteiger partial charge in [-0.25, -0.2) is 0 Å². The van der Waals surface area contributed by atoms with Gasteiger partial charge in [0, 0.05) is 14.2 Å². The molecule has 450 valence electrons. The van der Waals surface area contributed by atoms with Gasteiger partial charge in [-0.3, -0.25) is 0 Å². The minimum absolute atomic E-state index is 0.500. The summed E-state index contributed by atoms with van der Waals surface area (Å²) in [7, 11) is 3.25. The average Bonchev–Trinajstić information content (AvgIpc) is 3.57. The fourth-order valence-electron chi connectivity index (χ4n) is 2.69. The zero-order chi connectivity index (χ0) is 63.6. The standard InChI is InChI=1S/7C6H6.C5H12.C3H8.C2H6O.12C2H6/c7*1-2-4-6-5-3-1;1-5(2,3)4;2*1-3-2;12*1-2/h7*1-6H;1-4H3;3H2,1-2H3;1-2H3;12*1-2H3. The van der Waals surface area contributed by atoms with Gasteiger partial charge in [0.25, 0.3) is 0 Å². The first kappa shape index (κ1) is 111. The molecule has 0 unspecified atom stereocenters. The fraction of sp³-hybridized carbons (Fsp3) is 0.447. The van der Waals surface area contributed by atoms with E-state index in [1.807, 2.05) is 421 Å². The zero-order valence-corrected chi connectivity index (χ0v) is 57.9. The lowest BCUT2D eigenvalue weighted by Crippen LogP contribution is -1.93. The first-order valence-electron chi connectivity index (χ1n) is 30.2. The third-order valence-electron chi connectivity index (χ3n) is 4.67. The maximum Gasteiger partial charge on any atom is 0.0351 e. The van der Waals surface area contributed by atoms with Crippen molar-refractivity contribution in [1.29, 1.82) is 0 Å². The van der Waals surface area contributed by atoms with Gasteiger partial charge in [-0.05, 0) is 5.41 Å². The van der Waals surface area contributed by atoms with Crippen molar-refractivity contribution >= 4 is 0 Å². The summed E-state index contributed by atoms with van der Waals surface area (Å²) in [6, 6.07) is 84.0. The first-order chi connectivity index (χ1) is 37.8. The highest BCUT2D eigenvalue weighted by atomic mass is 16.4. The van der Waals surface area contributed by atoms with Crippen LogP contribution in [0, 0.1) is 5.41 Å². The van der Waals surface area contributed by atoms with Gasteiger partial charge in [0.1, 0.15) is 0 Å². The van der Waals surface area contributed by atoms with Crippen LogP contribution < -0.4 is 0 Å². The van der Waals surface area contributed by atoms with Crippen LogP contribution in [0.25, 0.3) is 0 Å². The molecular formula is C76H140O. The molecule has 0 spiro atoms. The molecular weight excluding hydrogens is 929 g/mol. The van der Waals surface area contributed by atoms with Crippen molar-refractivity contribution in [1.82, 2.24) is 0 Å². The molecule has 1 heteroatoms. The van der Waals surface area contributed by atoms with E-state index in [4.69, 9.17) is 0 Å². The molecule has 7 aromatic rings. The molecule has 1 nitrogen and oxygen atoms in total. The van der Waals surface area contributed by atoms with Gasteiger partial charge >= 0.3 is 0 Å². The maximum atomic E-state index is 4.25. The van der Waals surface area contributed by atoms with E-state index < -0.39 is 0 Å². The molecule has 77 heavy (non-hydrogen) atoms. The Kier molecular flexibility index (Phi) is 249. The van der Waals surface area contributed by atoms with E-state index in [2.05, 4.69) is 46.3 Å².